The van der Waals surface area contributed by atoms with Crippen molar-refractivity contribution >= 4 is 18.3 Å². The summed E-state index contributed by atoms with van der Waals surface area (Å²) in [6, 6.07) is 12.3. The first-order valence-electron chi connectivity index (χ1n) is 6.98. The molecule has 110 valence electrons. The normalized spacial score (nSPS) is 10.5. The number of aryl methyl sites for hydroxylation is 1. The number of halogens is 1. The van der Waals surface area contributed by atoms with E-state index in [2.05, 4.69) is 4.90 Å². The van der Waals surface area contributed by atoms with Crippen molar-refractivity contribution in [1.29, 1.82) is 0 Å². The molecule has 0 bridgehead atoms. The van der Waals surface area contributed by atoms with Crippen LogP contribution in [0.2, 0.25) is 0 Å². The highest BCUT2D eigenvalue weighted by molar-refractivity contribution is 6.58. The lowest BCUT2D eigenvalue weighted by Gasteiger charge is -2.25. The zero-order valence-electron chi connectivity index (χ0n) is 12.3. The molecular formula is C16H19BFNO2. The number of hydrogen-bond donors (Lipinski definition) is 2. The Morgan fingerprint density at radius 3 is 2.43 bits per heavy atom. The largest absolute Gasteiger partial charge is 0.488 e. The minimum absolute atomic E-state index is 0.162. The molecule has 0 amide bonds. The van der Waals surface area contributed by atoms with Gasteiger partial charge in [0, 0.05) is 24.3 Å². The van der Waals surface area contributed by atoms with Crippen molar-refractivity contribution in [1.82, 2.24) is 0 Å². The molecule has 0 aliphatic carbocycles. The lowest BCUT2D eigenvalue weighted by Crippen LogP contribution is -2.31. The fraction of sp³-hybridized carbons (Fsp3) is 0.250. The minimum Gasteiger partial charge on any atom is -0.423 e. The first-order valence-corrected chi connectivity index (χ1v) is 6.98. The molecule has 21 heavy (non-hydrogen) atoms. The second-order valence-electron chi connectivity index (χ2n) is 5.03. The lowest BCUT2D eigenvalue weighted by atomic mass is 9.80. The number of nitrogens with zero attached hydrogens (tertiary/aromatic N) is 1. The van der Waals surface area contributed by atoms with E-state index in [0.717, 1.165) is 17.8 Å². The predicted molar refractivity (Wildman–Crippen MR) is 84.1 cm³/mol. The van der Waals surface area contributed by atoms with E-state index in [1.54, 1.807) is 6.07 Å². The molecule has 0 spiro atoms. The highest BCUT2D eigenvalue weighted by atomic mass is 19.1. The van der Waals surface area contributed by atoms with Crippen LogP contribution in [-0.2, 0) is 6.54 Å². The summed E-state index contributed by atoms with van der Waals surface area (Å²) in [5.41, 5.74) is 2.91. The number of para-hydroxylation sites is 1. The van der Waals surface area contributed by atoms with Gasteiger partial charge in [-0.1, -0.05) is 30.3 Å². The monoisotopic (exact) mass is 287 g/mol. The van der Waals surface area contributed by atoms with Crippen LogP contribution in [0.3, 0.4) is 0 Å². The molecule has 5 heteroatoms. The third-order valence-corrected chi connectivity index (χ3v) is 3.57. The van der Waals surface area contributed by atoms with Crippen LogP contribution in [-0.4, -0.2) is 23.7 Å². The highest BCUT2D eigenvalue weighted by Crippen LogP contribution is 2.22. The second-order valence-corrected chi connectivity index (χ2v) is 5.03. The molecule has 0 radical (unpaired) electrons. The van der Waals surface area contributed by atoms with Crippen LogP contribution < -0.4 is 10.4 Å². The molecular weight excluding hydrogens is 268 g/mol. The number of anilines is 1. The zero-order valence-corrected chi connectivity index (χ0v) is 12.3. The molecule has 0 unspecified atom stereocenters. The van der Waals surface area contributed by atoms with Gasteiger partial charge in [-0.3, -0.25) is 0 Å². The summed E-state index contributed by atoms with van der Waals surface area (Å²) in [5.74, 6) is -0.423. The Morgan fingerprint density at radius 1 is 1.14 bits per heavy atom. The molecule has 0 aliphatic rings. The summed E-state index contributed by atoms with van der Waals surface area (Å²) in [5, 5.41) is 18.1. The van der Waals surface area contributed by atoms with E-state index in [9.17, 15) is 4.39 Å². The molecule has 2 N–H and O–H groups in total. The maximum Gasteiger partial charge on any atom is 0.488 e. The van der Waals surface area contributed by atoms with Crippen molar-refractivity contribution in [3.8, 4) is 0 Å². The lowest BCUT2D eigenvalue weighted by molar-refractivity contribution is 0.425. The fourth-order valence-electron chi connectivity index (χ4n) is 2.34. The maximum atomic E-state index is 14.1. The van der Waals surface area contributed by atoms with Crippen molar-refractivity contribution in [2.45, 2.75) is 20.4 Å². The minimum atomic E-state index is -1.65. The van der Waals surface area contributed by atoms with E-state index in [1.807, 2.05) is 38.1 Å². The Kier molecular flexibility index (Phi) is 4.99. The number of rotatable bonds is 5. The Labute approximate surface area is 124 Å². The van der Waals surface area contributed by atoms with Crippen LogP contribution in [0.15, 0.2) is 42.5 Å². The molecule has 0 aromatic heterocycles. The number of hydrogen-bond acceptors (Lipinski definition) is 3. The van der Waals surface area contributed by atoms with E-state index in [1.165, 1.54) is 12.1 Å². The highest BCUT2D eigenvalue weighted by Gasteiger charge is 2.15. The van der Waals surface area contributed by atoms with Crippen LogP contribution >= 0.6 is 0 Å². The summed E-state index contributed by atoms with van der Waals surface area (Å²) in [6.45, 7) is 5.25. The van der Waals surface area contributed by atoms with Gasteiger partial charge < -0.3 is 14.9 Å². The average molecular weight is 287 g/mol. The van der Waals surface area contributed by atoms with Crippen LogP contribution in [0.4, 0.5) is 10.1 Å². The van der Waals surface area contributed by atoms with Crippen LogP contribution in [0.5, 0.6) is 0 Å². The Bertz CT molecular complexity index is 619. The topological polar surface area (TPSA) is 43.7 Å². The third-order valence-electron chi connectivity index (χ3n) is 3.57. The third kappa shape index (κ3) is 3.62. The van der Waals surface area contributed by atoms with Crippen molar-refractivity contribution in [3.05, 3.63) is 59.4 Å². The second kappa shape index (κ2) is 6.74. The van der Waals surface area contributed by atoms with E-state index >= 15 is 0 Å². The first kappa shape index (κ1) is 15.5. The van der Waals surface area contributed by atoms with Gasteiger partial charge in [-0.15, -0.1) is 0 Å². The van der Waals surface area contributed by atoms with Crippen molar-refractivity contribution < 1.29 is 14.4 Å². The number of benzene rings is 2. The standard InChI is InChI=1S/C16H19BFNO2/c1-3-19(16-7-5-4-6-12(16)2)11-13-8-9-14(17(20)21)10-15(13)18/h4-10,20-21H,3,11H2,1-2H3. The van der Waals surface area contributed by atoms with Crippen molar-refractivity contribution in [2.24, 2.45) is 0 Å². The van der Waals surface area contributed by atoms with E-state index in [-0.39, 0.29) is 5.46 Å². The van der Waals surface area contributed by atoms with E-state index in [4.69, 9.17) is 10.0 Å². The zero-order chi connectivity index (χ0) is 15.4. The van der Waals surface area contributed by atoms with Crippen LogP contribution in [0, 0.1) is 12.7 Å². The summed E-state index contributed by atoms with van der Waals surface area (Å²) in [7, 11) is -1.65. The van der Waals surface area contributed by atoms with Gasteiger partial charge in [0.15, 0.2) is 0 Å². The van der Waals surface area contributed by atoms with Gasteiger partial charge in [-0.05, 0) is 37.0 Å². The fourth-order valence-corrected chi connectivity index (χ4v) is 2.34. The van der Waals surface area contributed by atoms with Gasteiger partial charge >= 0.3 is 7.12 Å². The van der Waals surface area contributed by atoms with E-state index < -0.39 is 12.9 Å². The van der Waals surface area contributed by atoms with Gasteiger partial charge in [0.25, 0.3) is 0 Å². The molecule has 0 aliphatic heterocycles. The Morgan fingerprint density at radius 2 is 1.86 bits per heavy atom. The molecule has 0 saturated heterocycles. The summed E-state index contributed by atoms with van der Waals surface area (Å²) in [4.78, 5) is 2.09. The van der Waals surface area contributed by atoms with Crippen molar-refractivity contribution in [2.75, 3.05) is 11.4 Å². The van der Waals surface area contributed by atoms with Gasteiger partial charge in [0.2, 0.25) is 0 Å². The van der Waals surface area contributed by atoms with Gasteiger partial charge in [-0.25, -0.2) is 4.39 Å². The molecule has 2 aromatic carbocycles. The SMILES string of the molecule is CCN(Cc1ccc(B(O)O)cc1F)c1ccccc1C. The molecule has 0 heterocycles. The summed E-state index contributed by atoms with van der Waals surface area (Å²) in [6.07, 6.45) is 0. The molecule has 0 atom stereocenters. The molecule has 2 aromatic rings. The first-order chi connectivity index (χ1) is 10.0. The Balaban J connectivity index is 2.25. The quantitative estimate of drug-likeness (QED) is 0.825. The molecule has 0 fully saturated rings. The molecule has 0 saturated carbocycles. The van der Waals surface area contributed by atoms with Crippen LogP contribution in [0.25, 0.3) is 0 Å². The Hall–Kier alpha value is -1.85. The predicted octanol–water partition coefficient (Wildman–Crippen LogP) is 1.84. The molecule has 3 nitrogen and oxygen atoms in total. The van der Waals surface area contributed by atoms with E-state index in [0.29, 0.717) is 12.1 Å². The van der Waals surface area contributed by atoms with Gasteiger partial charge in [-0.2, -0.15) is 0 Å². The van der Waals surface area contributed by atoms with Crippen LogP contribution in [0.1, 0.15) is 18.1 Å². The molecule has 2 rings (SSSR count). The summed E-state index contributed by atoms with van der Waals surface area (Å²) < 4.78 is 14.1. The smallest absolute Gasteiger partial charge is 0.423 e. The maximum absolute atomic E-state index is 14.1. The van der Waals surface area contributed by atoms with Gasteiger partial charge in [0.1, 0.15) is 5.82 Å². The van der Waals surface area contributed by atoms with Gasteiger partial charge in [0.05, 0.1) is 0 Å². The summed E-state index contributed by atoms with van der Waals surface area (Å²) >= 11 is 0. The van der Waals surface area contributed by atoms with Crippen molar-refractivity contribution in [3.63, 3.8) is 0 Å². The average Bonchev–Trinajstić information content (AvgIpc) is 2.47.